The molecule has 2 heteroatoms. The van der Waals surface area contributed by atoms with E-state index in [1.807, 2.05) is 0 Å². The summed E-state index contributed by atoms with van der Waals surface area (Å²) in [6, 6.07) is 8.29. The van der Waals surface area contributed by atoms with E-state index >= 15 is 0 Å². The summed E-state index contributed by atoms with van der Waals surface area (Å²) in [5.41, 5.74) is 1.15. The van der Waals surface area contributed by atoms with Crippen molar-refractivity contribution < 1.29 is 0 Å². The van der Waals surface area contributed by atoms with E-state index in [9.17, 15) is 0 Å². The van der Waals surface area contributed by atoms with Crippen LogP contribution in [-0.4, -0.2) is 23.5 Å². The van der Waals surface area contributed by atoms with Crippen molar-refractivity contribution >= 4 is 15.9 Å². The van der Waals surface area contributed by atoms with Crippen molar-refractivity contribution in [2.24, 2.45) is 0 Å². The van der Waals surface area contributed by atoms with Crippen LogP contribution in [0.2, 0.25) is 0 Å². The van der Waals surface area contributed by atoms with Gasteiger partial charge in [0.25, 0.3) is 0 Å². The van der Waals surface area contributed by atoms with E-state index in [0.717, 1.165) is 10.0 Å². The maximum atomic E-state index is 3.57. The molecule has 1 saturated heterocycles. The first-order valence-corrected chi connectivity index (χ1v) is 8.47. The molecule has 0 N–H and O–H groups in total. The highest BCUT2D eigenvalue weighted by atomic mass is 79.9. The summed E-state index contributed by atoms with van der Waals surface area (Å²) in [5.74, 6) is 6.96. The predicted octanol–water partition coefficient (Wildman–Crippen LogP) is 4.85. The summed E-state index contributed by atoms with van der Waals surface area (Å²) in [6.45, 7) is 6.98. The summed E-state index contributed by atoms with van der Waals surface area (Å²) in [5, 5.41) is 0. The quantitative estimate of drug-likeness (QED) is 0.712. The smallest absolute Gasteiger partial charge is 0.0801 e. The van der Waals surface area contributed by atoms with E-state index < -0.39 is 0 Å². The first-order valence-electron chi connectivity index (χ1n) is 7.68. The maximum Gasteiger partial charge on any atom is 0.0801 e. The Kier molecular flexibility index (Phi) is 5.69. The number of unbranched alkanes of at least 4 members (excludes halogenated alkanes) is 1. The molecular weight excluding hydrogens is 310 g/mol. The molecule has 0 spiro atoms. The molecule has 0 aromatic heterocycles. The normalized spacial score (nSPS) is 18.4. The molecule has 1 aliphatic heterocycles. The summed E-state index contributed by atoms with van der Waals surface area (Å²) < 4.78 is 1.11. The fraction of sp³-hybridized carbons (Fsp3) is 0.556. The van der Waals surface area contributed by atoms with Crippen LogP contribution < -0.4 is 0 Å². The molecule has 1 aliphatic rings. The van der Waals surface area contributed by atoms with Crippen molar-refractivity contribution in [1.29, 1.82) is 0 Å². The van der Waals surface area contributed by atoms with E-state index in [1.165, 1.54) is 45.2 Å². The summed E-state index contributed by atoms with van der Waals surface area (Å²) in [6.07, 6.45) is 6.31. The molecule has 108 valence electrons. The van der Waals surface area contributed by atoms with Gasteiger partial charge in [-0.05, 0) is 63.5 Å². The molecule has 2 rings (SSSR count). The van der Waals surface area contributed by atoms with Gasteiger partial charge in [0.15, 0.2) is 0 Å². The Morgan fingerprint density at radius 2 is 1.85 bits per heavy atom. The van der Waals surface area contributed by atoms with E-state index in [-0.39, 0.29) is 5.54 Å². The molecule has 1 unspecified atom stereocenters. The van der Waals surface area contributed by atoms with Crippen LogP contribution in [0.15, 0.2) is 28.7 Å². The van der Waals surface area contributed by atoms with Crippen LogP contribution in [-0.2, 0) is 0 Å². The van der Waals surface area contributed by atoms with Crippen molar-refractivity contribution in [2.45, 2.75) is 51.5 Å². The lowest BCUT2D eigenvalue weighted by Crippen LogP contribution is -2.43. The predicted molar refractivity (Wildman–Crippen MR) is 89.8 cm³/mol. The lowest BCUT2D eigenvalue weighted by molar-refractivity contribution is 0.180. The summed E-state index contributed by atoms with van der Waals surface area (Å²) in [7, 11) is 0. The maximum absolute atomic E-state index is 3.57. The molecule has 20 heavy (non-hydrogen) atoms. The molecule has 1 fully saturated rings. The molecule has 1 aromatic carbocycles. The highest BCUT2D eigenvalue weighted by Crippen LogP contribution is 2.26. The van der Waals surface area contributed by atoms with E-state index in [4.69, 9.17) is 0 Å². The van der Waals surface area contributed by atoms with Gasteiger partial charge >= 0.3 is 0 Å². The second kappa shape index (κ2) is 7.29. The van der Waals surface area contributed by atoms with Crippen molar-refractivity contribution in [3.8, 4) is 11.8 Å². The Labute approximate surface area is 131 Å². The van der Waals surface area contributed by atoms with Gasteiger partial charge in [0.2, 0.25) is 0 Å². The monoisotopic (exact) mass is 333 g/mol. The number of rotatable bonds is 4. The Balaban J connectivity index is 2.16. The molecular formula is C18H24BrN. The first-order chi connectivity index (χ1) is 9.64. The number of hydrogen-bond acceptors (Lipinski definition) is 1. The minimum Gasteiger partial charge on any atom is -0.288 e. The minimum absolute atomic E-state index is 0.0413. The van der Waals surface area contributed by atoms with Crippen LogP contribution in [0, 0.1) is 11.8 Å². The highest BCUT2D eigenvalue weighted by molar-refractivity contribution is 9.10. The minimum atomic E-state index is 0.0413. The highest BCUT2D eigenvalue weighted by Gasteiger charge is 2.31. The number of halogens is 1. The zero-order valence-corrected chi connectivity index (χ0v) is 14.2. The zero-order valence-electron chi connectivity index (χ0n) is 12.6. The van der Waals surface area contributed by atoms with Crippen molar-refractivity contribution in [2.75, 3.05) is 13.1 Å². The number of nitrogens with zero attached hydrogens (tertiary/aromatic N) is 1. The van der Waals surface area contributed by atoms with Crippen LogP contribution in [0.1, 0.15) is 51.5 Å². The lowest BCUT2D eigenvalue weighted by atomic mass is 9.93. The third-order valence-electron chi connectivity index (χ3n) is 4.14. The van der Waals surface area contributed by atoms with Crippen molar-refractivity contribution in [3.05, 3.63) is 34.3 Å². The molecule has 0 bridgehead atoms. The molecule has 0 radical (unpaired) electrons. The van der Waals surface area contributed by atoms with Gasteiger partial charge in [-0.1, -0.05) is 47.5 Å². The molecule has 0 amide bonds. The van der Waals surface area contributed by atoms with Gasteiger partial charge in [0.1, 0.15) is 0 Å². The van der Waals surface area contributed by atoms with Gasteiger partial charge in [-0.3, -0.25) is 4.90 Å². The molecule has 1 nitrogen and oxygen atoms in total. The van der Waals surface area contributed by atoms with Crippen LogP contribution in [0.3, 0.4) is 0 Å². The van der Waals surface area contributed by atoms with Crippen molar-refractivity contribution in [3.63, 3.8) is 0 Å². The zero-order chi connectivity index (χ0) is 14.4. The number of benzene rings is 1. The molecule has 1 aromatic rings. The number of hydrogen-bond donors (Lipinski definition) is 0. The van der Waals surface area contributed by atoms with Gasteiger partial charge in [-0.15, -0.1) is 0 Å². The Morgan fingerprint density at radius 1 is 1.20 bits per heavy atom. The van der Waals surface area contributed by atoms with Crippen LogP contribution in [0.25, 0.3) is 0 Å². The lowest BCUT2D eigenvalue weighted by Gasteiger charge is -2.34. The molecule has 1 heterocycles. The molecule has 1 atom stereocenters. The van der Waals surface area contributed by atoms with E-state index in [2.05, 4.69) is 70.8 Å². The topological polar surface area (TPSA) is 3.24 Å². The number of likely N-dealkylation sites (tertiary alicyclic amines) is 1. The molecule has 0 aliphatic carbocycles. The standard InChI is InChI=1S/C18H24BrN/c1-3-4-12-18(2,20-14-5-6-15-20)13-11-16-7-9-17(19)10-8-16/h7-10H,3-6,12,14-15H2,1-2H3. The SMILES string of the molecule is CCCCC(C)(C#Cc1ccc(Br)cc1)N1CCCC1. The van der Waals surface area contributed by atoms with E-state index in [1.54, 1.807) is 0 Å². The third kappa shape index (κ3) is 4.11. The van der Waals surface area contributed by atoms with Gasteiger partial charge < -0.3 is 0 Å². The van der Waals surface area contributed by atoms with Gasteiger partial charge in [-0.25, -0.2) is 0 Å². The summed E-state index contributed by atoms with van der Waals surface area (Å²) in [4.78, 5) is 2.58. The fourth-order valence-electron chi connectivity index (χ4n) is 2.77. The van der Waals surface area contributed by atoms with Crippen LogP contribution in [0.4, 0.5) is 0 Å². The average Bonchev–Trinajstić information content (AvgIpc) is 2.99. The van der Waals surface area contributed by atoms with Crippen LogP contribution in [0.5, 0.6) is 0 Å². The van der Waals surface area contributed by atoms with E-state index in [0.29, 0.717) is 0 Å². The third-order valence-corrected chi connectivity index (χ3v) is 4.67. The average molecular weight is 334 g/mol. The Hall–Kier alpha value is -0.780. The first kappa shape index (κ1) is 15.6. The van der Waals surface area contributed by atoms with Crippen LogP contribution >= 0.6 is 15.9 Å². The second-order valence-corrected chi connectivity index (χ2v) is 6.74. The Morgan fingerprint density at radius 3 is 2.45 bits per heavy atom. The molecule has 0 saturated carbocycles. The van der Waals surface area contributed by atoms with Crippen molar-refractivity contribution in [1.82, 2.24) is 4.90 Å². The van der Waals surface area contributed by atoms with Gasteiger partial charge in [-0.2, -0.15) is 0 Å². The van der Waals surface area contributed by atoms with Gasteiger partial charge in [0, 0.05) is 10.0 Å². The fourth-order valence-corrected chi connectivity index (χ4v) is 3.04. The largest absolute Gasteiger partial charge is 0.288 e. The Bertz CT molecular complexity index is 476. The summed E-state index contributed by atoms with van der Waals surface area (Å²) >= 11 is 3.47. The second-order valence-electron chi connectivity index (χ2n) is 5.83. The van der Waals surface area contributed by atoms with Gasteiger partial charge in [0.05, 0.1) is 5.54 Å².